The zero-order valence-electron chi connectivity index (χ0n) is 24.1. The standard InChI is InChI=1S/C34H36N4O3S/c1-4-22-12-15-25(16-13-22)42(40,41)38-31-21-34(2,3)29-17-14-24(19-28(29)31)36-32-30(11-8-18-35-32)37-33(39)27-20-26(27)23-9-6-5-7-10-23/h5-19,26-27,31,38H,4,20-21H2,1-3H3,(H,35,36)(H,37,39). The van der Waals surface area contributed by atoms with Gasteiger partial charge in [0.2, 0.25) is 15.9 Å². The maximum absolute atomic E-state index is 13.3. The second-order valence-electron chi connectivity index (χ2n) is 11.9. The summed E-state index contributed by atoms with van der Waals surface area (Å²) in [4.78, 5) is 17.8. The van der Waals surface area contributed by atoms with Gasteiger partial charge in [-0.3, -0.25) is 4.79 Å². The smallest absolute Gasteiger partial charge is 0.241 e. The number of hydrogen-bond donors (Lipinski definition) is 3. The van der Waals surface area contributed by atoms with Gasteiger partial charge in [-0.25, -0.2) is 18.1 Å². The summed E-state index contributed by atoms with van der Waals surface area (Å²) in [5, 5.41) is 6.43. The highest BCUT2D eigenvalue weighted by Gasteiger charge is 2.44. The van der Waals surface area contributed by atoms with Crippen LogP contribution in [-0.2, 0) is 26.7 Å². The lowest BCUT2D eigenvalue weighted by atomic mass is 9.86. The molecule has 0 bridgehead atoms. The van der Waals surface area contributed by atoms with Crippen LogP contribution in [0.2, 0.25) is 0 Å². The van der Waals surface area contributed by atoms with Crippen LogP contribution in [0, 0.1) is 5.92 Å². The van der Waals surface area contributed by atoms with Gasteiger partial charge in [0, 0.05) is 23.8 Å². The van der Waals surface area contributed by atoms with Gasteiger partial charge >= 0.3 is 0 Å². The van der Waals surface area contributed by atoms with E-state index in [4.69, 9.17) is 0 Å². The number of benzene rings is 3. The molecule has 4 aromatic rings. The van der Waals surface area contributed by atoms with Gasteiger partial charge in [0.15, 0.2) is 5.82 Å². The van der Waals surface area contributed by atoms with E-state index in [2.05, 4.69) is 52.4 Å². The van der Waals surface area contributed by atoms with Gasteiger partial charge in [0.25, 0.3) is 0 Å². The number of aromatic nitrogens is 1. The molecule has 6 rings (SSSR count). The second kappa shape index (κ2) is 11.0. The largest absolute Gasteiger partial charge is 0.338 e. The van der Waals surface area contributed by atoms with Crippen LogP contribution in [0.25, 0.3) is 0 Å². The van der Waals surface area contributed by atoms with E-state index >= 15 is 0 Å². The molecule has 2 aliphatic carbocycles. The van der Waals surface area contributed by atoms with Gasteiger partial charge in [-0.1, -0.05) is 69.3 Å². The van der Waals surface area contributed by atoms with Crippen LogP contribution in [-0.4, -0.2) is 19.3 Å². The number of nitrogens with zero attached hydrogens (tertiary/aromatic N) is 1. The lowest BCUT2D eigenvalue weighted by Gasteiger charge is -2.19. The number of fused-ring (bicyclic) bond motifs is 1. The Balaban J connectivity index is 1.20. The van der Waals surface area contributed by atoms with Gasteiger partial charge in [0.1, 0.15) is 0 Å². The zero-order chi connectivity index (χ0) is 29.5. The number of pyridine rings is 1. The molecule has 0 spiro atoms. The lowest BCUT2D eigenvalue weighted by molar-refractivity contribution is -0.117. The van der Waals surface area contributed by atoms with Crippen LogP contribution in [0.5, 0.6) is 0 Å². The van der Waals surface area contributed by atoms with E-state index in [1.807, 2.05) is 55.5 Å². The quantitative estimate of drug-likeness (QED) is 0.202. The van der Waals surface area contributed by atoms with Crippen LogP contribution in [0.4, 0.5) is 17.2 Å². The summed E-state index contributed by atoms with van der Waals surface area (Å²) in [5.41, 5.74) is 5.50. The molecule has 42 heavy (non-hydrogen) atoms. The first-order chi connectivity index (χ1) is 20.1. The monoisotopic (exact) mass is 580 g/mol. The van der Waals surface area contributed by atoms with Crippen molar-refractivity contribution in [2.45, 2.75) is 62.3 Å². The predicted octanol–water partition coefficient (Wildman–Crippen LogP) is 6.83. The third-order valence-electron chi connectivity index (χ3n) is 8.49. The Hall–Kier alpha value is -4.01. The summed E-state index contributed by atoms with van der Waals surface area (Å²) in [7, 11) is -3.71. The predicted molar refractivity (Wildman–Crippen MR) is 166 cm³/mol. The SMILES string of the molecule is CCc1ccc(S(=O)(=O)NC2CC(C)(C)c3ccc(Nc4ncccc4NC(=O)C4CC4c4ccccc4)cc32)cc1. The zero-order valence-corrected chi connectivity index (χ0v) is 24.9. The van der Waals surface area contributed by atoms with Gasteiger partial charge in [0.05, 0.1) is 10.6 Å². The van der Waals surface area contributed by atoms with Crippen LogP contribution < -0.4 is 15.4 Å². The number of carbonyl (C=O) groups is 1. The Morgan fingerprint density at radius 1 is 0.976 bits per heavy atom. The Bertz CT molecular complexity index is 1720. The molecule has 1 heterocycles. The van der Waals surface area contributed by atoms with Gasteiger partial charge in [-0.2, -0.15) is 0 Å². The van der Waals surface area contributed by atoms with E-state index in [-0.39, 0.29) is 34.1 Å². The Kier molecular flexibility index (Phi) is 7.37. The van der Waals surface area contributed by atoms with Crippen molar-refractivity contribution in [1.29, 1.82) is 0 Å². The van der Waals surface area contributed by atoms with Gasteiger partial charge in [-0.15, -0.1) is 0 Å². The number of amides is 1. The fourth-order valence-electron chi connectivity index (χ4n) is 6.06. The molecule has 3 N–H and O–H groups in total. The van der Waals surface area contributed by atoms with Gasteiger partial charge < -0.3 is 10.6 Å². The molecular formula is C34H36N4O3S. The van der Waals surface area contributed by atoms with Crippen molar-refractivity contribution >= 4 is 33.1 Å². The van der Waals surface area contributed by atoms with Crippen LogP contribution in [0.1, 0.15) is 67.8 Å². The average molecular weight is 581 g/mol. The number of aryl methyl sites for hydroxylation is 1. The molecule has 3 atom stereocenters. The van der Waals surface area contributed by atoms with Crippen molar-refractivity contribution in [2.75, 3.05) is 10.6 Å². The highest BCUT2D eigenvalue weighted by Crippen LogP contribution is 2.48. The fraction of sp³-hybridized carbons (Fsp3) is 0.294. The highest BCUT2D eigenvalue weighted by atomic mass is 32.2. The number of hydrogen-bond acceptors (Lipinski definition) is 5. The molecule has 3 aromatic carbocycles. The first-order valence-electron chi connectivity index (χ1n) is 14.5. The van der Waals surface area contributed by atoms with Crippen molar-refractivity contribution in [3.05, 3.63) is 113 Å². The minimum Gasteiger partial charge on any atom is -0.338 e. The van der Waals surface area contributed by atoms with Crippen molar-refractivity contribution in [3.8, 4) is 0 Å². The van der Waals surface area contributed by atoms with Crippen LogP contribution >= 0.6 is 0 Å². The van der Waals surface area contributed by atoms with E-state index in [1.165, 1.54) is 5.56 Å². The molecule has 0 radical (unpaired) electrons. The van der Waals surface area contributed by atoms with Crippen LogP contribution in [0.15, 0.2) is 96.0 Å². The average Bonchev–Trinajstić information content (AvgIpc) is 3.75. The van der Waals surface area contributed by atoms with E-state index in [9.17, 15) is 13.2 Å². The van der Waals surface area contributed by atoms with Crippen molar-refractivity contribution in [1.82, 2.24) is 9.71 Å². The topological polar surface area (TPSA) is 100 Å². The lowest BCUT2D eigenvalue weighted by Crippen LogP contribution is -2.28. The maximum Gasteiger partial charge on any atom is 0.241 e. The fourth-order valence-corrected chi connectivity index (χ4v) is 7.28. The molecule has 0 saturated heterocycles. The summed E-state index contributed by atoms with van der Waals surface area (Å²) >= 11 is 0. The van der Waals surface area contributed by atoms with E-state index in [1.54, 1.807) is 24.4 Å². The molecule has 0 aliphatic heterocycles. The number of anilines is 3. The summed E-state index contributed by atoms with van der Waals surface area (Å²) in [6, 6.07) is 26.5. The highest BCUT2D eigenvalue weighted by molar-refractivity contribution is 7.89. The molecule has 7 nitrogen and oxygen atoms in total. The molecule has 1 aromatic heterocycles. The molecule has 8 heteroatoms. The van der Waals surface area contributed by atoms with E-state index < -0.39 is 10.0 Å². The minimum atomic E-state index is -3.71. The number of carbonyl (C=O) groups excluding carboxylic acids is 1. The molecule has 216 valence electrons. The number of rotatable bonds is 9. The van der Waals surface area contributed by atoms with Crippen LogP contribution in [0.3, 0.4) is 0 Å². The Morgan fingerprint density at radius 2 is 1.74 bits per heavy atom. The molecule has 3 unspecified atom stereocenters. The normalized spacial score (nSPS) is 20.5. The molecule has 1 fully saturated rings. The third-order valence-corrected chi connectivity index (χ3v) is 9.98. The van der Waals surface area contributed by atoms with E-state index in [0.29, 0.717) is 17.9 Å². The number of nitrogens with one attached hydrogen (secondary N) is 3. The summed E-state index contributed by atoms with van der Waals surface area (Å²) in [6.07, 6.45) is 4.01. The molecule has 1 amide bonds. The van der Waals surface area contributed by atoms with Gasteiger partial charge in [-0.05, 0) is 89.2 Å². The summed E-state index contributed by atoms with van der Waals surface area (Å²) in [5.74, 6) is 0.699. The number of sulfonamides is 1. The molecular weight excluding hydrogens is 544 g/mol. The summed E-state index contributed by atoms with van der Waals surface area (Å²) in [6.45, 7) is 6.31. The van der Waals surface area contributed by atoms with Crippen molar-refractivity contribution in [2.24, 2.45) is 5.92 Å². The van der Waals surface area contributed by atoms with Crippen molar-refractivity contribution in [3.63, 3.8) is 0 Å². The minimum absolute atomic E-state index is 0.0166. The molecule has 2 aliphatic rings. The second-order valence-corrected chi connectivity index (χ2v) is 13.6. The Labute approximate surface area is 247 Å². The third kappa shape index (κ3) is 5.69. The first-order valence-corrected chi connectivity index (χ1v) is 16.0. The van der Waals surface area contributed by atoms with Crippen molar-refractivity contribution < 1.29 is 13.2 Å². The maximum atomic E-state index is 13.3. The molecule has 1 saturated carbocycles. The van der Waals surface area contributed by atoms with E-state index in [0.717, 1.165) is 35.2 Å². The summed E-state index contributed by atoms with van der Waals surface area (Å²) < 4.78 is 29.6. The Morgan fingerprint density at radius 3 is 2.48 bits per heavy atom. The first kappa shape index (κ1) is 28.1.